The molecule has 1 N–H and O–H groups in total. The summed E-state index contributed by atoms with van der Waals surface area (Å²) in [6, 6.07) is 11.8. The molecule has 0 saturated heterocycles. The summed E-state index contributed by atoms with van der Waals surface area (Å²) in [4.78, 5) is 21.9. The van der Waals surface area contributed by atoms with Crippen molar-refractivity contribution in [1.29, 1.82) is 0 Å². The zero-order valence-corrected chi connectivity index (χ0v) is 18.4. The van der Waals surface area contributed by atoms with Crippen LogP contribution in [0.1, 0.15) is 32.7 Å². The molecule has 0 fully saturated rings. The Morgan fingerprint density at radius 1 is 1.17 bits per heavy atom. The molecule has 3 aromatic heterocycles. The molecule has 30 heavy (non-hydrogen) atoms. The number of hydrogen-bond acceptors (Lipinski definition) is 5. The number of amides is 1. The topological polar surface area (TPSA) is 72.7 Å². The summed E-state index contributed by atoms with van der Waals surface area (Å²) >= 11 is 7.84. The average molecular weight is 438 g/mol. The highest BCUT2D eigenvalue weighted by Crippen LogP contribution is 2.28. The minimum absolute atomic E-state index is 0.307. The molecule has 3 heterocycles. The van der Waals surface area contributed by atoms with Crippen molar-refractivity contribution < 1.29 is 4.79 Å². The molecule has 0 spiro atoms. The minimum Gasteiger partial charge on any atom is -0.298 e. The van der Waals surface area contributed by atoms with E-state index in [9.17, 15) is 4.79 Å². The van der Waals surface area contributed by atoms with E-state index in [-0.39, 0.29) is 5.91 Å². The van der Waals surface area contributed by atoms with Crippen molar-refractivity contribution in [1.82, 2.24) is 19.7 Å². The van der Waals surface area contributed by atoms with Crippen LogP contribution in [0.3, 0.4) is 0 Å². The van der Waals surface area contributed by atoms with Crippen LogP contribution in [0.25, 0.3) is 11.4 Å². The van der Waals surface area contributed by atoms with Gasteiger partial charge in [0, 0.05) is 11.6 Å². The lowest BCUT2D eigenvalue weighted by atomic mass is 10.1. The Hall–Kier alpha value is -3.03. The number of carbonyl (C=O) groups is 1. The number of nitrogens with one attached hydrogen (secondary N) is 1. The molecule has 0 aliphatic carbocycles. The molecule has 0 unspecified atom stereocenters. The molecular formula is C22H20ClN5OS. The van der Waals surface area contributed by atoms with Crippen LogP contribution in [-0.4, -0.2) is 25.7 Å². The largest absolute Gasteiger partial charge is 0.298 e. The van der Waals surface area contributed by atoms with Crippen molar-refractivity contribution in [3.8, 4) is 11.4 Å². The standard InChI is InChI=1S/C22H20ClN5OS/c1-13-9-10-24-19(14(13)2)17-12-30-22(25-17)26-21(29)18-15(3)27-28(20(18)23)11-16-7-5-4-6-8-16/h4-10,12H,11H2,1-3H3,(H,25,26,29). The Kier molecular flexibility index (Phi) is 5.65. The summed E-state index contributed by atoms with van der Waals surface area (Å²) in [5, 5.41) is 9.97. The average Bonchev–Trinajstić information content (AvgIpc) is 3.29. The molecule has 8 heteroatoms. The van der Waals surface area contributed by atoms with Gasteiger partial charge in [-0.15, -0.1) is 11.3 Å². The summed E-state index contributed by atoms with van der Waals surface area (Å²) in [5.41, 5.74) is 5.75. The predicted octanol–water partition coefficient (Wildman–Crippen LogP) is 5.28. The molecule has 0 atom stereocenters. The van der Waals surface area contributed by atoms with Crippen LogP contribution in [0.15, 0.2) is 48.0 Å². The molecule has 152 valence electrons. The summed E-state index contributed by atoms with van der Waals surface area (Å²) in [6.07, 6.45) is 1.76. The van der Waals surface area contributed by atoms with Crippen LogP contribution in [0, 0.1) is 20.8 Å². The van der Waals surface area contributed by atoms with Gasteiger partial charge in [0.2, 0.25) is 0 Å². The van der Waals surface area contributed by atoms with Crippen molar-refractivity contribution in [2.45, 2.75) is 27.3 Å². The molecule has 6 nitrogen and oxygen atoms in total. The number of nitrogens with zero attached hydrogens (tertiary/aromatic N) is 4. The molecule has 0 radical (unpaired) electrons. The lowest BCUT2D eigenvalue weighted by molar-refractivity contribution is 0.102. The molecule has 0 aliphatic heterocycles. The molecule has 4 aromatic rings. The van der Waals surface area contributed by atoms with Gasteiger partial charge in [0.25, 0.3) is 5.91 Å². The van der Waals surface area contributed by atoms with Gasteiger partial charge in [0.1, 0.15) is 10.8 Å². The van der Waals surface area contributed by atoms with Gasteiger partial charge in [-0.05, 0) is 43.5 Å². The monoisotopic (exact) mass is 437 g/mol. The van der Waals surface area contributed by atoms with E-state index in [0.29, 0.717) is 28.1 Å². The van der Waals surface area contributed by atoms with E-state index in [1.165, 1.54) is 11.3 Å². The SMILES string of the molecule is Cc1ccnc(-c2csc(NC(=O)c3c(C)nn(Cc4ccccc4)c3Cl)n2)c1C. The van der Waals surface area contributed by atoms with Crippen molar-refractivity contribution in [2.24, 2.45) is 0 Å². The summed E-state index contributed by atoms with van der Waals surface area (Å²) in [5.74, 6) is -0.327. The molecular weight excluding hydrogens is 418 g/mol. The van der Waals surface area contributed by atoms with Crippen LogP contribution in [-0.2, 0) is 6.54 Å². The van der Waals surface area contributed by atoms with Gasteiger partial charge in [-0.2, -0.15) is 5.10 Å². The van der Waals surface area contributed by atoms with Gasteiger partial charge in [0.15, 0.2) is 5.13 Å². The molecule has 1 aromatic carbocycles. The highest BCUT2D eigenvalue weighted by Gasteiger charge is 2.22. The van der Waals surface area contributed by atoms with E-state index in [4.69, 9.17) is 11.6 Å². The second kappa shape index (κ2) is 8.38. The second-order valence-electron chi connectivity index (χ2n) is 6.99. The first kappa shape index (κ1) is 20.3. The smallest absolute Gasteiger partial charge is 0.262 e. The number of benzene rings is 1. The molecule has 0 aliphatic rings. The van der Waals surface area contributed by atoms with E-state index in [1.54, 1.807) is 17.8 Å². The third-order valence-electron chi connectivity index (χ3n) is 4.91. The fraction of sp³-hybridized carbons (Fsp3) is 0.182. The Morgan fingerprint density at radius 3 is 2.70 bits per heavy atom. The number of carbonyl (C=O) groups excluding carboxylic acids is 1. The number of anilines is 1. The van der Waals surface area contributed by atoms with Gasteiger partial charge in [0.05, 0.1) is 23.5 Å². The first-order valence-corrected chi connectivity index (χ1v) is 10.7. The molecule has 0 saturated carbocycles. The van der Waals surface area contributed by atoms with E-state index in [2.05, 4.69) is 20.4 Å². The van der Waals surface area contributed by atoms with Crippen LogP contribution < -0.4 is 5.32 Å². The third kappa shape index (κ3) is 3.99. The predicted molar refractivity (Wildman–Crippen MR) is 120 cm³/mol. The first-order chi connectivity index (χ1) is 14.4. The maximum Gasteiger partial charge on any atom is 0.262 e. The maximum atomic E-state index is 12.9. The first-order valence-electron chi connectivity index (χ1n) is 9.40. The number of halogens is 1. The normalized spacial score (nSPS) is 10.9. The third-order valence-corrected chi connectivity index (χ3v) is 6.05. The summed E-state index contributed by atoms with van der Waals surface area (Å²) in [7, 11) is 0. The van der Waals surface area contributed by atoms with Gasteiger partial charge >= 0.3 is 0 Å². The summed E-state index contributed by atoms with van der Waals surface area (Å²) in [6.45, 7) is 6.32. The number of aromatic nitrogens is 4. The fourth-order valence-corrected chi connectivity index (χ4v) is 4.17. The zero-order chi connectivity index (χ0) is 21.3. The van der Waals surface area contributed by atoms with Crippen molar-refractivity contribution in [2.75, 3.05) is 5.32 Å². The van der Waals surface area contributed by atoms with Crippen LogP contribution in [0.5, 0.6) is 0 Å². The molecule has 1 amide bonds. The lowest BCUT2D eigenvalue weighted by Gasteiger charge is -2.05. The number of hydrogen-bond donors (Lipinski definition) is 1. The maximum absolute atomic E-state index is 12.9. The molecule has 4 rings (SSSR count). The highest BCUT2D eigenvalue weighted by atomic mass is 35.5. The quantitative estimate of drug-likeness (QED) is 0.461. The number of pyridine rings is 1. The van der Waals surface area contributed by atoms with Gasteiger partial charge < -0.3 is 0 Å². The Morgan fingerprint density at radius 2 is 1.93 bits per heavy atom. The van der Waals surface area contributed by atoms with Crippen molar-refractivity contribution >= 4 is 34.0 Å². The van der Waals surface area contributed by atoms with Gasteiger partial charge in [-0.1, -0.05) is 41.9 Å². The van der Waals surface area contributed by atoms with E-state index >= 15 is 0 Å². The highest BCUT2D eigenvalue weighted by molar-refractivity contribution is 7.14. The van der Waals surface area contributed by atoms with Crippen LogP contribution in [0.2, 0.25) is 5.15 Å². The zero-order valence-electron chi connectivity index (χ0n) is 16.8. The van der Waals surface area contributed by atoms with Crippen LogP contribution >= 0.6 is 22.9 Å². The van der Waals surface area contributed by atoms with Crippen LogP contribution in [0.4, 0.5) is 5.13 Å². The number of aryl methyl sites for hydroxylation is 2. The molecule has 0 bridgehead atoms. The summed E-state index contributed by atoms with van der Waals surface area (Å²) < 4.78 is 1.63. The lowest BCUT2D eigenvalue weighted by Crippen LogP contribution is -2.13. The number of thiazole rings is 1. The van der Waals surface area contributed by atoms with Crippen molar-refractivity contribution in [3.63, 3.8) is 0 Å². The van der Waals surface area contributed by atoms with Crippen molar-refractivity contribution in [3.05, 3.63) is 81.1 Å². The number of rotatable bonds is 5. The Labute approximate surface area is 183 Å². The van der Waals surface area contributed by atoms with Gasteiger partial charge in [-0.25, -0.2) is 9.67 Å². The Balaban J connectivity index is 1.55. The van der Waals surface area contributed by atoms with E-state index in [1.807, 2.05) is 55.6 Å². The minimum atomic E-state index is -0.327. The van der Waals surface area contributed by atoms with E-state index < -0.39 is 0 Å². The van der Waals surface area contributed by atoms with E-state index in [0.717, 1.165) is 28.1 Å². The van der Waals surface area contributed by atoms with Gasteiger partial charge in [-0.3, -0.25) is 15.1 Å². The Bertz CT molecular complexity index is 1220. The second-order valence-corrected chi connectivity index (χ2v) is 8.20. The fourth-order valence-electron chi connectivity index (χ4n) is 3.16.